The maximum absolute atomic E-state index is 12.9. The van der Waals surface area contributed by atoms with Gasteiger partial charge in [-0.05, 0) is 65.4 Å². The number of ether oxygens (including phenoxy) is 1. The van der Waals surface area contributed by atoms with Crippen LogP contribution in [0.1, 0.15) is 63.3 Å². The van der Waals surface area contributed by atoms with E-state index in [9.17, 15) is 13.2 Å². The third kappa shape index (κ3) is 5.30. The molecule has 29 heavy (non-hydrogen) atoms. The first-order chi connectivity index (χ1) is 13.8. The summed E-state index contributed by atoms with van der Waals surface area (Å²) in [5, 5.41) is 0. The largest absolute Gasteiger partial charge is 0.376 e. The first-order valence-electron chi connectivity index (χ1n) is 10.6. The Labute approximate surface area is 174 Å². The van der Waals surface area contributed by atoms with Crippen LogP contribution in [0.15, 0.2) is 16.9 Å². The van der Waals surface area contributed by atoms with Crippen molar-refractivity contribution in [2.45, 2.75) is 77.5 Å². The molecule has 1 aliphatic carbocycles. The number of nitrogens with zero attached hydrogens (tertiary/aromatic N) is 1. The zero-order chi connectivity index (χ0) is 21.0. The van der Waals surface area contributed by atoms with Crippen molar-refractivity contribution in [3.8, 4) is 11.8 Å². The average molecular weight is 421 g/mol. The van der Waals surface area contributed by atoms with E-state index in [4.69, 9.17) is 4.74 Å². The molecule has 6 nitrogen and oxygen atoms in total. The molecule has 0 unspecified atom stereocenters. The van der Waals surface area contributed by atoms with Crippen molar-refractivity contribution < 1.29 is 13.2 Å². The fourth-order valence-corrected chi connectivity index (χ4v) is 5.29. The molecule has 7 heteroatoms. The molecule has 2 aliphatic rings. The summed E-state index contributed by atoms with van der Waals surface area (Å²) in [6.45, 7) is 5.63. The summed E-state index contributed by atoms with van der Waals surface area (Å²) in [7, 11) is -3.37. The maximum atomic E-state index is 12.9. The van der Waals surface area contributed by atoms with E-state index in [1.165, 1.54) is 0 Å². The van der Waals surface area contributed by atoms with Crippen LogP contribution in [0.25, 0.3) is 0 Å². The summed E-state index contributed by atoms with van der Waals surface area (Å²) in [6.07, 6.45) is 5.42. The number of sulfonamides is 1. The molecule has 1 aromatic heterocycles. The molecule has 0 radical (unpaired) electrons. The van der Waals surface area contributed by atoms with E-state index >= 15 is 0 Å². The van der Waals surface area contributed by atoms with Crippen LogP contribution in [0.3, 0.4) is 0 Å². The second-order valence-corrected chi connectivity index (χ2v) is 10.2. The topological polar surface area (TPSA) is 77.4 Å². The van der Waals surface area contributed by atoms with Gasteiger partial charge in [0.1, 0.15) is 0 Å². The van der Waals surface area contributed by atoms with Gasteiger partial charge in [0.15, 0.2) is 0 Å². The number of pyridine rings is 1. The summed E-state index contributed by atoms with van der Waals surface area (Å²) >= 11 is 0. The van der Waals surface area contributed by atoms with Crippen molar-refractivity contribution in [2.24, 2.45) is 5.92 Å². The summed E-state index contributed by atoms with van der Waals surface area (Å²) in [6, 6.07) is 3.15. The fourth-order valence-electron chi connectivity index (χ4n) is 4.39. The van der Waals surface area contributed by atoms with E-state index in [0.29, 0.717) is 30.9 Å². The number of aryl methyl sites for hydroxylation is 2. The summed E-state index contributed by atoms with van der Waals surface area (Å²) in [5.41, 5.74) is 1.55. The van der Waals surface area contributed by atoms with Gasteiger partial charge in [-0.3, -0.25) is 4.79 Å². The van der Waals surface area contributed by atoms with E-state index in [1.54, 1.807) is 18.4 Å². The standard InChI is InChI=1S/C22H32N2O4S/c1-4-6-17-8-12-19(13-9-17)28-15-21-20(23-29(26,27)5-2)14-11-18-10-7-16(3)22(25)24(18)21/h7,10,17,19-21,23H,5,8-9,11-15H2,1-3H3/t17?,19?,20-,21-/m0/s1. The smallest absolute Gasteiger partial charge is 0.254 e. The van der Waals surface area contributed by atoms with E-state index in [-0.39, 0.29) is 29.5 Å². The minimum Gasteiger partial charge on any atom is -0.376 e. The van der Waals surface area contributed by atoms with Crippen molar-refractivity contribution in [3.05, 3.63) is 33.7 Å². The molecule has 1 aromatic rings. The van der Waals surface area contributed by atoms with E-state index in [2.05, 4.69) is 16.6 Å². The molecular formula is C22H32N2O4S. The lowest BCUT2D eigenvalue weighted by molar-refractivity contribution is -0.00299. The number of rotatable bonds is 6. The Morgan fingerprint density at radius 2 is 1.93 bits per heavy atom. The molecule has 1 fully saturated rings. The number of aromatic nitrogens is 1. The van der Waals surface area contributed by atoms with Gasteiger partial charge in [-0.1, -0.05) is 6.07 Å². The van der Waals surface area contributed by atoms with Crippen LogP contribution < -0.4 is 10.3 Å². The quantitative estimate of drug-likeness (QED) is 0.718. The lowest BCUT2D eigenvalue weighted by Gasteiger charge is -2.37. The predicted molar refractivity (Wildman–Crippen MR) is 114 cm³/mol. The lowest BCUT2D eigenvalue weighted by Crippen LogP contribution is -2.50. The van der Waals surface area contributed by atoms with Gasteiger partial charge in [0.05, 0.1) is 24.5 Å². The van der Waals surface area contributed by atoms with Gasteiger partial charge in [0, 0.05) is 23.2 Å². The summed E-state index contributed by atoms with van der Waals surface area (Å²) in [4.78, 5) is 12.9. The monoisotopic (exact) mass is 420 g/mol. The summed E-state index contributed by atoms with van der Waals surface area (Å²) in [5.74, 6) is 6.72. The normalized spacial score (nSPS) is 27.0. The van der Waals surface area contributed by atoms with Crippen LogP contribution in [0.5, 0.6) is 0 Å². The van der Waals surface area contributed by atoms with Crippen molar-refractivity contribution in [3.63, 3.8) is 0 Å². The highest BCUT2D eigenvalue weighted by molar-refractivity contribution is 7.89. The van der Waals surface area contributed by atoms with Crippen LogP contribution in [-0.2, 0) is 21.2 Å². The van der Waals surface area contributed by atoms with Crippen molar-refractivity contribution in [1.29, 1.82) is 0 Å². The number of hydrogen-bond donors (Lipinski definition) is 1. The molecule has 0 amide bonds. The molecule has 2 heterocycles. The molecule has 0 spiro atoms. The Kier molecular flexibility index (Phi) is 7.20. The molecule has 0 bridgehead atoms. The van der Waals surface area contributed by atoms with Crippen molar-refractivity contribution in [2.75, 3.05) is 12.4 Å². The Morgan fingerprint density at radius 1 is 1.21 bits per heavy atom. The molecule has 3 rings (SSSR count). The van der Waals surface area contributed by atoms with E-state index < -0.39 is 10.0 Å². The van der Waals surface area contributed by atoms with Crippen LogP contribution in [0.2, 0.25) is 0 Å². The van der Waals surface area contributed by atoms with Gasteiger partial charge in [-0.15, -0.1) is 11.8 Å². The van der Waals surface area contributed by atoms with Gasteiger partial charge in [-0.2, -0.15) is 0 Å². The van der Waals surface area contributed by atoms with Gasteiger partial charge >= 0.3 is 0 Å². The Hall–Kier alpha value is -1.62. The van der Waals surface area contributed by atoms with Gasteiger partial charge in [-0.25, -0.2) is 13.1 Å². The maximum Gasteiger partial charge on any atom is 0.254 e. The fraction of sp³-hybridized carbons (Fsp3) is 0.682. The lowest BCUT2D eigenvalue weighted by atomic mass is 9.88. The highest BCUT2D eigenvalue weighted by atomic mass is 32.2. The molecule has 2 atom stereocenters. The van der Waals surface area contributed by atoms with Crippen LogP contribution in [-0.4, -0.2) is 37.5 Å². The number of nitrogens with one attached hydrogen (secondary N) is 1. The van der Waals surface area contributed by atoms with Crippen LogP contribution >= 0.6 is 0 Å². The van der Waals surface area contributed by atoms with Crippen LogP contribution in [0.4, 0.5) is 0 Å². The van der Waals surface area contributed by atoms with Crippen molar-refractivity contribution in [1.82, 2.24) is 9.29 Å². The predicted octanol–water partition coefficient (Wildman–Crippen LogP) is 2.55. The van der Waals surface area contributed by atoms with Crippen LogP contribution in [0, 0.1) is 24.7 Å². The first kappa shape index (κ1) is 22.1. The second kappa shape index (κ2) is 9.46. The first-order valence-corrected chi connectivity index (χ1v) is 12.2. The minimum atomic E-state index is -3.37. The zero-order valence-corrected chi connectivity index (χ0v) is 18.4. The molecule has 0 aromatic carbocycles. The third-order valence-corrected chi connectivity index (χ3v) is 7.56. The number of fused-ring (bicyclic) bond motifs is 1. The van der Waals surface area contributed by atoms with Gasteiger partial charge in [0.2, 0.25) is 10.0 Å². The molecule has 1 saturated carbocycles. The molecule has 0 saturated heterocycles. The Balaban J connectivity index is 1.79. The minimum absolute atomic E-state index is 0.0229. The SMILES string of the molecule is CC#CC1CCC(OC[C@H]2[C@@H](NS(=O)(=O)CC)CCc3ccc(C)c(=O)n32)CC1. The van der Waals surface area contributed by atoms with Crippen molar-refractivity contribution >= 4 is 10.0 Å². The molecule has 1 aliphatic heterocycles. The van der Waals surface area contributed by atoms with Gasteiger partial charge < -0.3 is 9.30 Å². The van der Waals surface area contributed by atoms with E-state index in [1.807, 2.05) is 19.1 Å². The molecule has 160 valence electrons. The number of hydrogen-bond acceptors (Lipinski definition) is 4. The Bertz CT molecular complexity index is 934. The van der Waals surface area contributed by atoms with Gasteiger partial charge in [0.25, 0.3) is 5.56 Å². The zero-order valence-electron chi connectivity index (χ0n) is 17.6. The Morgan fingerprint density at radius 3 is 2.59 bits per heavy atom. The second-order valence-electron chi connectivity index (χ2n) is 8.12. The highest BCUT2D eigenvalue weighted by Gasteiger charge is 2.34. The van der Waals surface area contributed by atoms with E-state index in [0.717, 1.165) is 31.4 Å². The average Bonchev–Trinajstić information content (AvgIpc) is 2.71. The molecule has 1 N–H and O–H groups in total. The summed E-state index contributed by atoms with van der Waals surface area (Å²) < 4.78 is 35.3. The molecular weight excluding hydrogens is 388 g/mol. The third-order valence-electron chi connectivity index (χ3n) is 6.14. The highest BCUT2D eigenvalue weighted by Crippen LogP contribution is 2.29.